The Morgan fingerprint density at radius 3 is 2.85 bits per heavy atom. The zero-order valence-electron chi connectivity index (χ0n) is 11.5. The van der Waals surface area contributed by atoms with Gasteiger partial charge in [-0.1, -0.05) is 0 Å². The summed E-state index contributed by atoms with van der Waals surface area (Å²) in [6, 6.07) is 7.73. The normalized spacial score (nSPS) is 14.1. The molecule has 0 saturated heterocycles. The van der Waals surface area contributed by atoms with Crippen LogP contribution in [0.1, 0.15) is 24.3 Å². The fourth-order valence-corrected chi connectivity index (χ4v) is 1.83. The molecule has 2 aromatic heterocycles. The Hall–Kier alpha value is -1.69. The second-order valence-electron chi connectivity index (χ2n) is 4.66. The van der Waals surface area contributed by atoms with Crippen molar-refractivity contribution in [3.05, 3.63) is 54.2 Å². The van der Waals surface area contributed by atoms with Gasteiger partial charge in [0.1, 0.15) is 12.4 Å². The number of nitrogens with one attached hydrogen (secondary N) is 1. The average molecular weight is 276 g/mol. The number of aromatic nitrogens is 1. The van der Waals surface area contributed by atoms with Gasteiger partial charge in [0.25, 0.3) is 0 Å². The van der Waals surface area contributed by atoms with Gasteiger partial charge in [0, 0.05) is 25.0 Å². The Bertz CT molecular complexity index is 473. The summed E-state index contributed by atoms with van der Waals surface area (Å²) < 4.78 is 10.5. The Morgan fingerprint density at radius 1 is 1.35 bits per heavy atom. The van der Waals surface area contributed by atoms with E-state index in [2.05, 4.69) is 10.3 Å². The van der Waals surface area contributed by atoms with Crippen LogP contribution in [0, 0.1) is 0 Å². The third kappa shape index (κ3) is 4.77. The Balaban J connectivity index is 1.63. The summed E-state index contributed by atoms with van der Waals surface area (Å²) in [6.45, 7) is 3.17. The molecule has 0 aliphatic rings. The lowest BCUT2D eigenvalue weighted by Gasteiger charge is -2.17. The highest BCUT2D eigenvalue weighted by Gasteiger charge is 2.09. The third-order valence-corrected chi connectivity index (χ3v) is 3.00. The van der Waals surface area contributed by atoms with Gasteiger partial charge in [-0.05, 0) is 36.8 Å². The topological polar surface area (TPSA) is 67.5 Å². The van der Waals surface area contributed by atoms with Gasteiger partial charge < -0.3 is 19.6 Å². The van der Waals surface area contributed by atoms with E-state index in [1.165, 1.54) is 0 Å². The molecule has 108 valence electrons. The number of ether oxygens (including phenoxy) is 1. The minimum atomic E-state index is -0.547. The first-order valence-corrected chi connectivity index (χ1v) is 6.67. The molecule has 0 bridgehead atoms. The van der Waals surface area contributed by atoms with Crippen LogP contribution < -0.4 is 5.32 Å². The number of hydrogen-bond acceptors (Lipinski definition) is 5. The van der Waals surface area contributed by atoms with Crippen LogP contribution in [0.4, 0.5) is 0 Å². The highest BCUT2D eigenvalue weighted by atomic mass is 16.5. The summed E-state index contributed by atoms with van der Waals surface area (Å²) in [4.78, 5) is 3.98. The first-order valence-electron chi connectivity index (χ1n) is 6.67. The molecular weight excluding hydrogens is 256 g/mol. The molecule has 0 aromatic carbocycles. The summed E-state index contributed by atoms with van der Waals surface area (Å²) in [6.07, 6.45) is 4.58. The molecular formula is C15H20N2O3. The lowest BCUT2D eigenvalue weighted by atomic mass is 10.1. The predicted octanol–water partition coefficient (Wildman–Crippen LogP) is 1.90. The summed E-state index contributed by atoms with van der Waals surface area (Å²) in [5.74, 6) is 0.760. The summed E-state index contributed by atoms with van der Waals surface area (Å²) >= 11 is 0. The largest absolute Gasteiger partial charge is 0.467 e. The molecule has 0 fully saturated rings. The Morgan fingerprint density at radius 2 is 2.15 bits per heavy atom. The van der Waals surface area contributed by atoms with Crippen molar-refractivity contribution < 1.29 is 14.3 Å². The minimum absolute atomic E-state index is 0.165. The number of pyridine rings is 1. The van der Waals surface area contributed by atoms with Gasteiger partial charge in [0.05, 0.1) is 19.0 Å². The standard InChI is InChI=1S/C15H20N2O3/c1-12(13-4-6-16-7-5-13)17-9-14(18)10-19-11-15-3-2-8-20-15/h2-8,12,14,17-18H,9-11H2,1H3/t12-,14?/m1/s1. The molecule has 0 aliphatic carbocycles. The lowest BCUT2D eigenvalue weighted by Crippen LogP contribution is -2.32. The molecule has 1 unspecified atom stereocenters. The SMILES string of the molecule is C[C@@H](NCC(O)COCc1ccco1)c1ccncc1. The van der Waals surface area contributed by atoms with Crippen molar-refractivity contribution in [2.24, 2.45) is 0 Å². The highest BCUT2D eigenvalue weighted by molar-refractivity contribution is 5.13. The molecule has 0 saturated carbocycles. The van der Waals surface area contributed by atoms with E-state index in [1.54, 1.807) is 18.7 Å². The van der Waals surface area contributed by atoms with Crippen LogP contribution in [0.25, 0.3) is 0 Å². The van der Waals surface area contributed by atoms with Gasteiger partial charge in [0.15, 0.2) is 0 Å². The average Bonchev–Trinajstić information content (AvgIpc) is 2.99. The van der Waals surface area contributed by atoms with Crippen LogP contribution in [0.3, 0.4) is 0 Å². The number of rotatable bonds is 8. The van der Waals surface area contributed by atoms with Crippen molar-refractivity contribution in [2.45, 2.75) is 25.7 Å². The second-order valence-corrected chi connectivity index (χ2v) is 4.66. The monoisotopic (exact) mass is 276 g/mol. The molecule has 0 spiro atoms. The fraction of sp³-hybridized carbons (Fsp3) is 0.400. The van der Waals surface area contributed by atoms with Crippen LogP contribution in [0.5, 0.6) is 0 Å². The van der Waals surface area contributed by atoms with Crippen molar-refractivity contribution in [1.29, 1.82) is 0 Å². The van der Waals surface area contributed by atoms with E-state index >= 15 is 0 Å². The molecule has 2 heterocycles. The van der Waals surface area contributed by atoms with Gasteiger partial charge in [0.2, 0.25) is 0 Å². The van der Waals surface area contributed by atoms with Crippen LogP contribution in [0.2, 0.25) is 0 Å². The van der Waals surface area contributed by atoms with E-state index in [4.69, 9.17) is 9.15 Å². The van der Waals surface area contributed by atoms with E-state index in [9.17, 15) is 5.11 Å². The molecule has 0 amide bonds. The van der Waals surface area contributed by atoms with Crippen LogP contribution >= 0.6 is 0 Å². The molecule has 5 nitrogen and oxygen atoms in total. The Kier molecular flexibility index (Phi) is 5.73. The van der Waals surface area contributed by atoms with Gasteiger partial charge >= 0.3 is 0 Å². The predicted molar refractivity (Wildman–Crippen MR) is 75.0 cm³/mol. The van der Waals surface area contributed by atoms with Gasteiger partial charge in [-0.25, -0.2) is 0 Å². The van der Waals surface area contributed by atoms with Crippen molar-refractivity contribution in [1.82, 2.24) is 10.3 Å². The maximum Gasteiger partial charge on any atom is 0.129 e. The van der Waals surface area contributed by atoms with Gasteiger partial charge in [-0.2, -0.15) is 0 Å². The van der Waals surface area contributed by atoms with Crippen molar-refractivity contribution in [2.75, 3.05) is 13.2 Å². The fourth-order valence-electron chi connectivity index (χ4n) is 1.83. The highest BCUT2D eigenvalue weighted by Crippen LogP contribution is 2.09. The maximum absolute atomic E-state index is 9.84. The zero-order valence-corrected chi connectivity index (χ0v) is 11.5. The number of aliphatic hydroxyl groups excluding tert-OH is 1. The van der Waals surface area contributed by atoms with E-state index in [0.717, 1.165) is 11.3 Å². The van der Waals surface area contributed by atoms with E-state index in [-0.39, 0.29) is 12.6 Å². The quantitative estimate of drug-likeness (QED) is 0.771. The van der Waals surface area contributed by atoms with E-state index in [1.807, 2.05) is 31.2 Å². The van der Waals surface area contributed by atoms with E-state index in [0.29, 0.717) is 13.2 Å². The molecule has 2 atom stereocenters. The molecule has 2 rings (SSSR count). The first-order chi connectivity index (χ1) is 9.75. The first kappa shape index (κ1) is 14.7. The van der Waals surface area contributed by atoms with Crippen LogP contribution in [-0.4, -0.2) is 29.3 Å². The number of nitrogens with zero attached hydrogens (tertiary/aromatic N) is 1. The maximum atomic E-state index is 9.84. The minimum Gasteiger partial charge on any atom is -0.467 e. The molecule has 2 N–H and O–H groups in total. The second kappa shape index (κ2) is 7.79. The number of aliphatic hydroxyl groups is 1. The van der Waals surface area contributed by atoms with Crippen LogP contribution in [0.15, 0.2) is 47.3 Å². The van der Waals surface area contributed by atoms with Crippen LogP contribution in [-0.2, 0) is 11.3 Å². The molecule has 2 aromatic rings. The zero-order chi connectivity index (χ0) is 14.2. The molecule has 0 aliphatic heterocycles. The lowest BCUT2D eigenvalue weighted by molar-refractivity contribution is 0.0217. The van der Waals surface area contributed by atoms with Crippen molar-refractivity contribution >= 4 is 0 Å². The molecule has 0 radical (unpaired) electrons. The number of hydrogen-bond donors (Lipinski definition) is 2. The van der Waals surface area contributed by atoms with E-state index < -0.39 is 6.10 Å². The number of furan rings is 1. The summed E-state index contributed by atoms with van der Waals surface area (Å²) in [7, 11) is 0. The van der Waals surface area contributed by atoms with Crippen molar-refractivity contribution in [3.8, 4) is 0 Å². The summed E-state index contributed by atoms with van der Waals surface area (Å²) in [5, 5.41) is 13.1. The molecule has 5 heteroatoms. The third-order valence-electron chi connectivity index (χ3n) is 3.00. The Labute approximate surface area is 118 Å². The summed E-state index contributed by atoms with van der Waals surface area (Å²) in [5.41, 5.74) is 1.14. The van der Waals surface area contributed by atoms with Gasteiger partial charge in [-0.15, -0.1) is 0 Å². The smallest absolute Gasteiger partial charge is 0.129 e. The van der Waals surface area contributed by atoms with Gasteiger partial charge in [-0.3, -0.25) is 4.98 Å². The molecule has 20 heavy (non-hydrogen) atoms. The van der Waals surface area contributed by atoms with Crippen molar-refractivity contribution in [3.63, 3.8) is 0 Å².